The van der Waals surface area contributed by atoms with Crippen LogP contribution in [-0.2, 0) is 0 Å². The monoisotopic (exact) mass is 268 g/mol. The molecule has 0 atom stereocenters. The van der Waals surface area contributed by atoms with Crippen LogP contribution in [0.5, 0.6) is 0 Å². The maximum atomic E-state index is 11.9. The first-order valence-electron chi connectivity index (χ1n) is 6.01. The zero-order chi connectivity index (χ0) is 13.0. The van der Waals surface area contributed by atoms with Gasteiger partial charge in [0, 0.05) is 5.56 Å². The average molecular weight is 268 g/mol. The van der Waals surface area contributed by atoms with Crippen LogP contribution in [0.15, 0.2) is 54.6 Å². The maximum absolute atomic E-state index is 11.9. The first-order chi connectivity index (χ1) is 8.65. The molecule has 0 heterocycles. The quantitative estimate of drug-likeness (QED) is 0.532. The molecule has 2 rings (SSSR count). The molecule has 0 radical (unpaired) electrons. The largest absolute Gasteiger partial charge is 0.289 e. The Morgan fingerprint density at radius 1 is 0.800 bits per heavy atom. The number of ketones is 1. The van der Waals surface area contributed by atoms with Gasteiger partial charge in [0.05, 0.1) is 0 Å². The number of hydrogen-bond donors (Lipinski definition) is 0. The van der Waals surface area contributed by atoms with Crippen molar-refractivity contribution in [2.45, 2.75) is 28.7 Å². The molecule has 0 aliphatic rings. The second kappa shape index (κ2) is 8.11. The van der Waals surface area contributed by atoms with Crippen molar-refractivity contribution in [3.63, 3.8) is 0 Å². The van der Waals surface area contributed by atoms with Crippen LogP contribution in [0.25, 0.3) is 6.08 Å². The predicted molar refractivity (Wildman–Crippen MR) is 89.2 cm³/mol. The number of hydrogen-bond acceptors (Lipinski definition) is 1. The van der Waals surface area contributed by atoms with Gasteiger partial charge in [-0.25, -0.2) is 0 Å². The number of carbonyl (C=O) groups excluding carboxylic acids is 1. The summed E-state index contributed by atoms with van der Waals surface area (Å²) in [6.07, 6.45) is 3.47. The fourth-order valence-electron chi connectivity index (χ4n) is 1.66. The lowest BCUT2D eigenvalue weighted by Crippen LogP contribution is -1.93. The van der Waals surface area contributed by atoms with E-state index in [9.17, 15) is 4.79 Å². The molecule has 1 nitrogen and oxygen atoms in total. The second-order valence-corrected chi connectivity index (χ2v) is 4.47. The molecule has 106 valence electrons. The number of aryl methyl sites for hydroxylation is 2. The number of allylic oxidation sites excluding steroid dienone is 1. The highest BCUT2D eigenvalue weighted by Gasteiger charge is 2.00. The van der Waals surface area contributed by atoms with E-state index in [0.29, 0.717) is 0 Å². The van der Waals surface area contributed by atoms with Gasteiger partial charge in [0.2, 0.25) is 0 Å². The van der Waals surface area contributed by atoms with Crippen LogP contribution >= 0.6 is 0 Å². The third-order valence-electron chi connectivity index (χ3n) is 2.84. The molecule has 0 aliphatic carbocycles. The van der Waals surface area contributed by atoms with Crippen LogP contribution in [0.3, 0.4) is 0 Å². The van der Waals surface area contributed by atoms with E-state index in [-0.39, 0.29) is 20.6 Å². The van der Waals surface area contributed by atoms with Crippen LogP contribution in [0.2, 0.25) is 0 Å². The van der Waals surface area contributed by atoms with Gasteiger partial charge in [-0.1, -0.05) is 80.6 Å². The summed E-state index contributed by atoms with van der Waals surface area (Å²) in [5.74, 6) is 0.0376. The summed E-state index contributed by atoms with van der Waals surface area (Å²) in [6, 6.07) is 15.7. The summed E-state index contributed by atoms with van der Waals surface area (Å²) >= 11 is 0. The van der Waals surface area contributed by atoms with E-state index in [0.717, 1.165) is 16.7 Å². The van der Waals surface area contributed by atoms with Crippen LogP contribution in [-0.4, -0.2) is 5.78 Å². The standard InChI is InChI=1S/C17H16O.2CH4/c1-13-3-7-15(8-4-13)9-12-17(18)16-10-5-14(2)6-11-16;;/h3-12H,1-2H3;2*1H4/b12-9+;;. The third kappa shape index (κ3) is 4.85. The highest BCUT2D eigenvalue weighted by atomic mass is 16.1. The smallest absolute Gasteiger partial charge is 0.185 e. The molecule has 0 unspecified atom stereocenters. The minimum Gasteiger partial charge on any atom is -0.289 e. The van der Waals surface area contributed by atoms with Gasteiger partial charge in [0.25, 0.3) is 0 Å². The number of carbonyl (C=O) groups is 1. The van der Waals surface area contributed by atoms with E-state index < -0.39 is 0 Å². The first kappa shape index (κ1) is 17.8. The fourth-order valence-corrected chi connectivity index (χ4v) is 1.66. The Morgan fingerprint density at radius 2 is 1.25 bits per heavy atom. The van der Waals surface area contributed by atoms with Gasteiger partial charge in [-0.15, -0.1) is 0 Å². The molecule has 0 spiro atoms. The van der Waals surface area contributed by atoms with Crippen molar-refractivity contribution in [1.82, 2.24) is 0 Å². The van der Waals surface area contributed by atoms with Gasteiger partial charge in [0.15, 0.2) is 5.78 Å². The van der Waals surface area contributed by atoms with E-state index in [4.69, 9.17) is 0 Å². The van der Waals surface area contributed by atoms with Crippen LogP contribution < -0.4 is 0 Å². The molecule has 0 amide bonds. The Bertz CT molecular complexity index is 560. The van der Waals surface area contributed by atoms with Gasteiger partial charge < -0.3 is 0 Å². The molecule has 2 aromatic rings. The van der Waals surface area contributed by atoms with Gasteiger partial charge >= 0.3 is 0 Å². The molecule has 0 fully saturated rings. The van der Waals surface area contributed by atoms with Crippen molar-refractivity contribution in [1.29, 1.82) is 0 Å². The normalized spacial score (nSPS) is 9.70. The van der Waals surface area contributed by atoms with Crippen molar-refractivity contribution in [3.8, 4) is 0 Å². The molecule has 1 heteroatoms. The molecule has 0 aromatic heterocycles. The molecule has 20 heavy (non-hydrogen) atoms. The van der Waals surface area contributed by atoms with E-state index >= 15 is 0 Å². The van der Waals surface area contributed by atoms with Crippen LogP contribution in [0, 0.1) is 13.8 Å². The highest BCUT2D eigenvalue weighted by molar-refractivity contribution is 6.06. The molecule has 0 aliphatic heterocycles. The maximum Gasteiger partial charge on any atom is 0.185 e. The van der Waals surface area contributed by atoms with Gasteiger partial charge in [-0.3, -0.25) is 4.79 Å². The average Bonchev–Trinajstić information content (AvgIpc) is 2.38. The van der Waals surface area contributed by atoms with Crippen LogP contribution in [0.1, 0.15) is 41.9 Å². The summed E-state index contributed by atoms with van der Waals surface area (Å²) in [6.45, 7) is 4.06. The molecular weight excluding hydrogens is 244 g/mol. The van der Waals surface area contributed by atoms with Gasteiger partial charge in [0.1, 0.15) is 0 Å². The lowest BCUT2D eigenvalue weighted by atomic mass is 10.1. The van der Waals surface area contributed by atoms with Gasteiger partial charge in [-0.2, -0.15) is 0 Å². The first-order valence-corrected chi connectivity index (χ1v) is 6.01. The lowest BCUT2D eigenvalue weighted by Gasteiger charge is -1.97. The Kier molecular flexibility index (Phi) is 7.24. The predicted octanol–water partition coefficient (Wildman–Crippen LogP) is 5.47. The van der Waals surface area contributed by atoms with Crippen molar-refractivity contribution < 1.29 is 4.79 Å². The number of benzene rings is 2. The number of rotatable bonds is 3. The van der Waals surface area contributed by atoms with Crippen molar-refractivity contribution >= 4 is 11.9 Å². The molecule has 2 aromatic carbocycles. The topological polar surface area (TPSA) is 17.1 Å². The van der Waals surface area contributed by atoms with Gasteiger partial charge in [-0.05, 0) is 25.5 Å². The Hall–Kier alpha value is -2.15. The Labute approximate surface area is 123 Å². The van der Waals surface area contributed by atoms with E-state index in [2.05, 4.69) is 0 Å². The second-order valence-electron chi connectivity index (χ2n) is 4.47. The third-order valence-corrected chi connectivity index (χ3v) is 2.84. The summed E-state index contributed by atoms with van der Waals surface area (Å²) in [4.78, 5) is 11.9. The summed E-state index contributed by atoms with van der Waals surface area (Å²) < 4.78 is 0. The SMILES string of the molecule is C.C.Cc1ccc(/C=C/C(=O)c2ccc(C)cc2)cc1. The van der Waals surface area contributed by atoms with Crippen molar-refractivity contribution in [2.24, 2.45) is 0 Å². The Morgan fingerprint density at radius 3 is 1.75 bits per heavy atom. The van der Waals surface area contributed by atoms with E-state index in [1.807, 2.05) is 68.5 Å². The van der Waals surface area contributed by atoms with Crippen molar-refractivity contribution in [2.75, 3.05) is 0 Å². The van der Waals surface area contributed by atoms with E-state index in [1.54, 1.807) is 6.08 Å². The molecular formula is C19H24O. The summed E-state index contributed by atoms with van der Waals surface area (Å²) in [5.41, 5.74) is 4.15. The molecule has 0 saturated carbocycles. The Balaban J connectivity index is 0.00000180. The minimum atomic E-state index is 0. The lowest BCUT2D eigenvalue weighted by molar-refractivity contribution is 0.104. The van der Waals surface area contributed by atoms with E-state index in [1.165, 1.54) is 5.56 Å². The van der Waals surface area contributed by atoms with Crippen LogP contribution in [0.4, 0.5) is 0 Å². The molecule has 0 N–H and O–H groups in total. The summed E-state index contributed by atoms with van der Waals surface area (Å²) in [5, 5.41) is 0. The molecule has 0 bridgehead atoms. The highest BCUT2D eigenvalue weighted by Crippen LogP contribution is 2.08. The van der Waals surface area contributed by atoms with Crippen molar-refractivity contribution in [3.05, 3.63) is 76.9 Å². The fraction of sp³-hybridized carbons (Fsp3) is 0.211. The molecule has 0 saturated heterocycles. The minimum absolute atomic E-state index is 0. The zero-order valence-corrected chi connectivity index (χ0v) is 10.7. The summed E-state index contributed by atoms with van der Waals surface area (Å²) in [7, 11) is 0. The zero-order valence-electron chi connectivity index (χ0n) is 10.7.